The molecule has 1 unspecified atom stereocenters. The summed E-state index contributed by atoms with van der Waals surface area (Å²) >= 11 is 19.4. The molecule has 0 amide bonds. The van der Waals surface area contributed by atoms with Crippen molar-refractivity contribution in [1.29, 1.82) is 0 Å². The molecule has 0 aliphatic heterocycles. The van der Waals surface area contributed by atoms with Crippen molar-refractivity contribution in [3.8, 4) is 16.9 Å². The molecule has 4 nitrogen and oxygen atoms in total. The van der Waals surface area contributed by atoms with Crippen LogP contribution in [0.4, 0.5) is 13.2 Å². The van der Waals surface area contributed by atoms with Gasteiger partial charge in [-0.05, 0) is 36.2 Å². The van der Waals surface area contributed by atoms with Gasteiger partial charge in [0.05, 0.1) is 28.1 Å². The van der Waals surface area contributed by atoms with Gasteiger partial charge in [0.1, 0.15) is 17.1 Å². The molecule has 1 atom stereocenters. The molecular weight excluding hydrogens is 500 g/mol. The van der Waals surface area contributed by atoms with E-state index in [1.54, 1.807) is 18.2 Å². The molecule has 1 aromatic heterocycles. The van der Waals surface area contributed by atoms with E-state index in [1.165, 1.54) is 24.3 Å². The number of rotatable bonds is 5. The Morgan fingerprint density at radius 1 is 1.06 bits per heavy atom. The summed E-state index contributed by atoms with van der Waals surface area (Å²) in [6, 6.07) is 12.5. The van der Waals surface area contributed by atoms with E-state index in [2.05, 4.69) is 14.7 Å². The highest BCUT2D eigenvalue weighted by atomic mass is 35.5. The third-order valence-electron chi connectivity index (χ3n) is 5.11. The van der Waals surface area contributed by atoms with Crippen molar-refractivity contribution in [3.63, 3.8) is 0 Å². The first-order chi connectivity index (χ1) is 15.6. The van der Waals surface area contributed by atoms with Crippen molar-refractivity contribution < 1.29 is 23.0 Å². The number of aromatic nitrogens is 2. The predicted molar refractivity (Wildman–Crippen MR) is 123 cm³/mol. The lowest BCUT2D eigenvalue weighted by atomic mass is 9.98. The van der Waals surface area contributed by atoms with E-state index >= 15 is 0 Å². The molecule has 4 rings (SSSR count). The van der Waals surface area contributed by atoms with Crippen molar-refractivity contribution >= 4 is 45.8 Å². The summed E-state index contributed by atoms with van der Waals surface area (Å²) < 4.78 is 42.9. The van der Waals surface area contributed by atoms with Crippen LogP contribution in [0.1, 0.15) is 22.9 Å². The first-order valence-corrected chi connectivity index (χ1v) is 10.8. The van der Waals surface area contributed by atoms with E-state index in [0.717, 1.165) is 5.56 Å². The molecule has 0 aliphatic carbocycles. The number of hydrogen-bond donors (Lipinski definition) is 2. The van der Waals surface area contributed by atoms with Crippen molar-refractivity contribution in [2.24, 2.45) is 0 Å². The average molecular weight is 516 g/mol. The number of aromatic amines is 1. The highest BCUT2D eigenvalue weighted by molar-refractivity contribution is 6.42. The number of aryl methyl sites for hydroxylation is 1. The molecule has 0 aliphatic rings. The maximum Gasteiger partial charge on any atom is 0.573 e. The van der Waals surface area contributed by atoms with Crippen molar-refractivity contribution in [1.82, 2.24) is 9.97 Å². The van der Waals surface area contributed by atoms with E-state index in [0.29, 0.717) is 21.9 Å². The molecule has 0 bridgehead atoms. The second-order valence-corrected chi connectivity index (χ2v) is 8.56. The second kappa shape index (κ2) is 9.06. The van der Waals surface area contributed by atoms with Crippen molar-refractivity contribution in [3.05, 3.63) is 80.6 Å². The molecule has 10 heteroatoms. The Bertz CT molecular complexity index is 1340. The quantitative estimate of drug-likeness (QED) is 0.289. The van der Waals surface area contributed by atoms with Crippen LogP contribution in [0.2, 0.25) is 15.1 Å². The first-order valence-electron chi connectivity index (χ1n) is 9.68. The van der Waals surface area contributed by atoms with Crippen molar-refractivity contribution in [2.45, 2.75) is 19.2 Å². The van der Waals surface area contributed by atoms with Crippen LogP contribution in [0.25, 0.3) is 22.2 Å². The Labute approximate surface area is 201 Å². The molecule has 4 aromatic rings. The number of aliphatic hydroxyl groups excluding tert-OH is 1. The molecule has 0 spiro atoms. The normalized spacial score (nSPS) is 12.8. The van der Waals surface area contributed by atoms with Gasteiger partial charge in [0.25, 0.3) is 0 Å². The van der Waals surface area contributed by atoms with Gasteiger partial charge in [0.2, 0.25) is 0 Å². The van der Waals surface area contributed by atoms with E-state index in [4.69, 9.17) is 34.8 Å². The van der Waals surface area contributed by atoms with E-state index in [-0.39, 0.29) is 33.3 Å². The number of nitrogens with zero attached hydrogens (tertiary/aromatic N) is 1. The number of H-pyrrole nitrogens is 1. The molecule has 0 radical (unpaired) electrons. The van der Waals surface area contributed by atoms with Crippen LogP contribution in [0.5, 0.6) is 5.75 Å². The molecule has 0 fully saturated rings. The Morgan fingerprint density at radius 3 is 2.45 bits per heavy atom. The number of para-hydroxylation sites is 1. The van der Waals surface area contributed by atoms with Gasteiger partial charge in [0, 0.05) is 16.1 Å². The minimum Gasteiger partial charge on any atom is -0.405 e. The van der Waals surface area contributed by atoms with E-state index in [9.17, 15) is 18.3 Å². The Balaban J connectivity index is 1.86. The molecule has 33 heavy (non-hydrogen) atoms. The summed E-state index contributed by atoms with van der Waals surface area (Å²) in [5.41, 5.74) is 2.59. The maximum atomic E-state index is 12.9. The van der Waals surface area contributed by atoms with Crippen LogP contribution < -0.4 is 4.74 Å². The zero-order valence-corrected chi connectivity index (χ0v) is 19.2. The minimum absolute atomic E-state index is 0.0462. The largest absolute Gasteiger partial charge is 0.573 e. The lowest BCUT2D eigenvalue weighted by Crippen LogP contribution is -2.17. The smallest absolute Gasteiger partial charge is 0.405 e. The molecule has 0 saturated carbocycles. The standard InChI is InChI=1S/C23H16Cl3F3N2O2/c1-11-6-7-12(15(24)8-11)14(10-32)22-30-17-9-16(25)19(20(26)21(17)31-22)13-4-2-3-5-18(13)33-23(27,28)29/h2-9,14,32H,10H2,1H3,(H,30,31). The van der Waals surface area contributed by atoms with Gasteiger partial charge in [-0.2, -0.15) is 0 Å². The van der Waals surface area contributed by atoms with Crippen LogP contribution in [0, 0.1) is 6.92 Å². The zero-order valence-electron chi connectivity index (χ0n) is 17.0. The lowest BCUT2D eigenvalue weighted by Gasteiger charge is -2.15. The van der Waals surface area contributed by atoms with Gasteiger partial charge in [-0.3, -0.25) is 0 Å². The topological polar surface area (TPSA) is 58.1 Å². The fourth-order valence-electron chi connectivity index (χ4n) is 3.65. The van der Waals surface area contributed by atoms with Crippen LogP contribution in [-0.2, 0) is 0 Å². The molecule has 3 aromatic carbocycles. The number of alkyl halides is 3. The van der Waals surface area contributed by atoms with Crippen LogP contribution in [-0.4, -0.2) is 28.0 Å². The third-order valence-corrected chi connectivity index (χ3v) is 6.11. The summed E-state index contributed by atoms with van der Waals surface area (Å²) in [7, 11) is 0. The predicted octanol–water partition coefficient (Wildman–Crippen LogP) is 7.52. The molecule has 172 valence electrons. The summed E-state index contributed by atoms with van der Waals surface area (Å²) in [6.07, 6.45) is -4.89. The summed E-state index contributed by atoms with van der Waals surface area (Å²) in [4.78, 5) is 7.62. The van der Waals surface area contributed by atoms with E-state index in [1.807, 2.05) is 13.0 Å². The lowest BCUT2D eigenvalue weighted by molar-refractivity contribution is -0.274. The fourth-order valence-corrected chi connectivity index (χ4v) is 4.71. The number of aliphatic hydroxyl groups is 1. The number of benzene rings is 3. The van der Waals surface area contributed by atoms with Gasteiger partial charge < -0.3 is 14.8 Å². The molecule has 0 saturated heterocycles. The summed E-state index contributed by atoms with van der Waals surface area (Å²) in [6.45, 7) is 1.61. The number of nitrogens with one attached hydrogen (secondary N) is 1. The number of fused-ring (bicyclic) bond motifs is 1. The van der Waals surface area contributed by atoms with Gasteiger partial charge in [0.15, 0.2) is 0 Å². The highest BCUT2D eigenvalue weighted by Gasteiger charge is 2.33. The number of ether oxygens (including phenoxy) is 1. The SMILES string of the molecule is Cc1ccc(C(CO)c2nc3c(Cl)c(-c4ccccc4OC(F)(F)F)c(Cl)cc3[nH]2)c(Cl)c1. The second-order valence-electron chi connectivity index (χ2n) is 7.37. The third kappa shape index (κ3) is 4.77. The molecular formula is C23H16Cl3F3N2O2. The Kier molecular flexibility index (Phi) is 6.51. The van der Waals surface area contributed by atoms with Crippen LogP contribution >= 0.6 is 34.8 Å². The monoisotopic (exact) mass is 514 g/mol. The highest BCUT2D eigenvalue weighted by Crippen LogP contribution is 2.44. The molecule has 1 heterocycles. The van der Waals surface area contributed by atoms with Gasteiger partial charge in [-0.1, -0.05) is 65.1 Å². The Morgan fingerprint density at radius 2 is 1.79 bits per heavy atom. The average Bonchev–Trinajstić information content (AvgIpc) is 3.14. The van der Waals surface area contributed by atoms with Gasteiger partial charge in [-0.25, -0.2) is 4.98 Å². The zero-order chi connectivity index (χ0) is 23.9. The number of hydrogen-bond acceptors (Lipinski definition) is 3. The summed E-state index contributed by atoms with van der Waals surface area (Å²) in [5, 5.41) is 10.7. The van der Waals surface area contributed by atoms with Crippen LogP contribution in [0.3, 0.4) is 0 Å². The van der Waals surface area contributed by atoms with Gasteiger partial charge >= 0.3 is 6.36 Å². The minimum atomic E-state index is -4.89. The maximum absolute atomic E-state index is 12.9. The number of imidazole rings is 1. The van der Waals surface area contributed by atoms with Crippen molar-refractivity contribution in [2.75, 3.05) is 6.61 Å². The number of halogens is 6. The molecule has 2 N–H and O–H groups in total. The first kappa shape index (κ1) is 23.7. The van der Waals surface area contributed by atoms with Crippen LogP contribution in [0.15, 0.2) is 48.5 Å². The van der Waals surface area contributed by atoms with E-state index < -0.39 is 18.0 Å². The fraction of sp³-hybridized carbons (Fsp3) is 0.174. The Hall–Kier alpha value is -2.45. The van der Waals surface area contributed by atoms with Gasteiger partial charge in [-0.15, -0.1) is 13.2 Å². The summed E-state index contributed by atoms with van der Waals surface area (Å²) in [5.74, 6) is -0.638.